The summed E-state index contributed by atoms with van der Waals surface area (Å²) in [4.78, 5) is 6.81. The molecule has 3 aromatic rings. The third kappa shape index (κ3) is 3.20. The molecule has 0 amide bonds. The first-order valence-corrected chi connectivity index (χ1v) is 10.9. The molecule has 0 bridgehead atoms. The lowest BCUT2D eigenvalue weighted by atomic mass is 9.91. The smallest absolute Gasteiger partial charge is 0.159 e. The van der Waals surface area contributed by atoms with Crippen LogP contribution in [0.2, 0.25) is 0 Å². The minimum absolute atomic E-state index is 0.574. The maximum Gasteiger partial charge on any atom is 0.159 e. The van der Waals surface area contributed by atoms with Gasteiger partial charge in [-0.15, -0.1) is 5.73 Å². The van der Waals surface area contributed by atoms with Crippen LogP contribution in [0.25, 0.3) is 16.8 Å². The lowest BCUT2D eigenvalue weighted by Crippen LogP contribution is -2.27. The Labute approximate surface area is 192 Å². The van der Waals surface area contributed by atoms with Crippen molar-refractivity contribution in [1.29, 1.82) is 5.26 Å². The van der Waals surface area contributed by atoms with E-state index in [0.29, 0.717) is 11.3 Å². The van der Waals surface area contributed by atoms with E-state index in [2.05, 4.69) is 46.0 Å². The van der Waals surface area contributed by atoms with Crippen molar-refractivity contribution in [2.75, 3.05) is 4.90 Å². The standard InChI is InChI=1S/C29H19N3O/c30-19-21-9-7-17-31-29(21)24-12-2-1-11-23(24)20-8-5-10-22(18-20)32-25-13-3-4-15-27(25)33-28-16-6-14-26(28)32/h1-4,7-9,11-18H,5,10H2. The van der Waals surface area contributed by atoms with Gasteiger partial charge >= 0.3 is 0 Å². The Morgan fingerprint density at radius 2 is 1.82 bits per heavy atom. The summed E-state index contributed by atoms with van der Waals surface area (Å²) in [5.41, 5.74) is 10.9. The van der Waals surface area contributed by atoms with Gasteiger partial charge in [-0.3, -0.25) is 4.98 Å². The number of nitrogens with zero attached hydrogens (tertiary/aromatic N) is 3. The number of aromatic nitrogens is 1. The zero-order valence-electron chi connectivity index (χ0n) is 17.8. The Bertz CT molecular complexity index is 1490. The van der Waals surface area contributed by atoms with E-state index in [9.17, 15) is 5.26 Å². The number of nitriles is 1. The molecule has 156 valence electrons. The summed E-state index contributed by atoms with van der Waals surface area (Å²) in [5, 5.41) is 9.62. The fraction of sp³-hybridized carbons (Fsp3) is 0.0690. The van der Waals surface area contributed by atoms with Gasteiger partial charge in [0.05, 0.1) is 22.6 Å². The molecule has 0 saturated carbocycles. The highest BCUT2D eigenvalue weighted by atomic mass is 16.5. The SMILES string of the molecule is N#Cc1cccnc1-c1ccccc1C1=CCCC(N2C3=C(C=C=C3)Oc3ccccc32)=C1. The van der Waals surface area contributed by atoms with Gasteiger partial charge in [0.1, 0.15) is 6.07 Å². The molecule has 1 aliphatic heterocycles. The van der Waals surface area contributed by atoms with Crippen molar-refractivity contribution < 1.29 is 4.74 Å². The molecule has 0 fully saturated rings. The normalized spacial score (nSPS) is 15.9. The van der Waals surface area contributed by atoms with Crippen LogP contribution in [0.3, 0.4) is 0 Å². The van der Waals surface area contributed by atoms with Crippen molar-refractivity contribution in [3.05, 3.63) is 125 Å². The molecule has 0 N–H and O–H groups in total. The van der Waals surface area contributed by atoms with E-state index in [1.807, 2.05) is 54.6 Å². The molecule has 0 atom stereocenters. The lowest BCUT2D eigenvalue weighted by molar-refractivity contribution is 0.431. The topological polar surface area (TPSA) is 49.2 Å². The fourth-order valence-corrected chi connectivity index (χ4v) is 4.59. The molecule has 2 aliphatic carbocycles. The number of fused-ring (bicyclic) bond motifs is 1. The summed E-state index contributed by atoms with van der Waals surface area (Å²) in [6.07, 6.45) is 11.9. The van der Waals surface area contributed by atoms with Gasteiger partial charge in [0, 0.05) is 29.6 Å². The van der Waals surface area contributed by atoms with E-state index >= 15 is 0 Å². The Hall–Kier alpha value is -4.58. The number of ether oxygens (including phenoxy) is 1. The first-order chi connectivity index (χ1) is 16.3. The number of benzene rings is 2. The van der Waals surface area contributed by atoms with Crippen LogP contribution in [0.5, 0.6) is 5.75 Å². The molecule has 0 saturated heterocycles. The molecule has 33 heavy (non-hydrogen) atoms. The Morgan fingerprint density at radius 3 is 2.73 bits per heavy atom. The molecule has 0 radical (unpaired) electrons. The minimum atomic E-state index is 0.574. The van der Waals surface area contributed by atoms with Crippen molar-refractivity contribution in [3.8, 4) is 23.1 Å². The van der Waals surface area contributed by atoms with E-state index in [4.69, 9.17) is 4.74 Å². The molecule has 4 nitrogen and oxygen atoms in total. The maximum atomic E-state index is 9.62. The zero-order valence-corrected chi connectivity index (χ0v) is 17.8. The van der Waals surface area contributed by atoms with Gasteiger partial charge in [-0.05, 0) is 54.3 Å². The van der Waals surface area contributed by atoms with Gasteiger partial charge in [0.25, 0.3) is 0 Å². The quantitative estimate of drug-likeness (QED) is 0.449. The number of anilines is 1. The molecule has 2 aromatic carbocycles. The number of pyridine rings is 1. The van der Waals surface area contributed by atoms with Crippen LogP contribution in [0.1, 0.15) is 24.0 Å². The predicted octanol–water partition coefficient (Wildman–Crippen LogP) is 6.52. The molecule has 3 aliphatic rings. The van der Waals surface area contributed by atoms with E-state index in [0.717, 1.165) is 52.4 Å². The van der Waals surface area contributed by atoms with Crippen molar-refractivity contribution in [2.45, 2.75) is 12.8 Å². The molecular formula is C29H19N3O. The first kappa shape index (κ1) is 19.1. The van der Waals surface area contributed by atoms with Crippen molar-refractivity contribution in [3.63, 3.8) is 0 Å². The number of hydrogen-bond acceptors (Lipinski definition) is 4. The highest BCUT2D eigenvalue weighted by Crippen LogP contribution is 2.44. The lowest BCUT2D eigenvalue weighted by Gasteiger charge is -2.34. The molecular weight excluding hydrogens is 406 g/mol. The predicted molar refractivity (Wildman–Crippen MR) is 129 cm³/mol. The van der Waals surface area contributed by atoms with Crippen LogP contribution in [0.4, 0.5) is 5.69 Å². The molecule has 1 aromatic heterocycles. The first-order valence-electron chi connectivity index (χ1n) is 10.9. The molecule has 0 spiro atoms. The Kier molecular flexibility index (Phi) is 4.54. The van der Waals surface area contributed by atoms with Crippen molar-refractivity contribution in [2.24, 2.45) is 0 Å². The molecule has 2 heterocycles. The number of allylic oxidation sites excluding steroid dienone is 6. The Balaban J connectivity index is 1.47. The van der Waals surface area contributed by atoms with Crippen LogP contribution in [0.15, 0.2) is 114 Å². The summed E-state index contributed by atoms with van der Waals surface area (Å²) in [7, 11) is 0. The average molecular weight is 425 g/mol. The van der Waals surface area contributed by atoms with Crippen molar-refractivity contribution >= 4 is 11.3 Å². The second kappa shape index (κ2) is 7.84. The number of hydrogen-bond donors (Lipinski definition) is 0. The van der Waals surface area contributed by atoms with Gasteiger partial charge in [0.2, 0.25) is 0 Å². The highest BCUT2D eigenvalue weighted by molar-refractivity contribution is 5.88. The summed E-state index contributed by atoms with van der Waals surface area (Å²) < 4.78 is 6.10. The van der Waals surface area contributed by atoms with E-state index < -0.39 is 0 Å². The summed E-state index contributed by atoms with van der Waals surface area (Å²) >= 11 is 0. The van der Waals surface area contributed by atoms with E-state index in [-0.39, 0.29) is 0 Å². The molecule has 4 heteroatoms. The van der Waals surface area contributed by atoms with Crippen LogP contribution in [-0.2, 0) is 0 Å². The van der Waals surface area contributed by atoms with Gasteiger partial charge in [-0.1, -0.05) is 42.5 Å². The highest BCUT2D eigenvalue weighted by Gasteiger charge is 2.29. The average Bonchev–Trinajstić information content (AvgIpc) is 3.35. The molecule has 6 rings (SSSR count). The second-order valence-electron chi connectivity index (χ2n) is 8.00. The van der Waals surface area contributed by atoms with Crippen LogP contribution in [0, 0.1) is 11.3 Å². The molecule has 0 unspecified atom stereocenters. The number of para-hydroxylation sites is 2. The Morgan fingerprint density at radius 1 is 0.970 bits per heavy atom. The minimum Gasteiger partial charge on any atom is -0.452 e. The van der Waals surface area contributed by atoms with Crippen LogP contribution >= 0.6 is 0 Å². The third-order valence-electron chi connectivity index (χ3n) is 6.05. The summed E-state index contributed by atoms with van der Waals surface area (Å²) in [6, 6.07) is 22.2. The van der Waals surface area contributed by atoms with E-state index in [1.54, 1.807) is 12.3 Å². The van der Waals surface area contributed by atoms with Gasteiger partial charge in [-0.2, -0.15) is 5.26 Å². The van der Waals surface area contributed by atoms with E-state index in [1.165, 1.54) is 5.70 Å². The summed E-state index contributed by atoms with van der Waals surface area (Å²) in [6.45, 7) is 0. The van der Waals surface area contributed by atoms with Gasteiger partial charge in [-0.25, -0.2) is 0 Å². The van der Waals surface area contributed by atoms with Crippen LogP contribution in [-0.4, -0.2) is 4.98 Å². The fourth-order valence-electron chi connectivity index (χ4n) is 4.59. The van der Waals surface area contributed by atoms with Gasteiger partial charge in [0.15, 0.2) is 11.5 Å². The third-order valence-corrected chi connectivity index (χ3v) is 6.05. The van der Waals surface area contributed by atoms with Gasteiger partial charge < -0.3 is 9.64 Å². The largest absolute Gasteiger partial charge is 0.452 e. The van der Waals surface area contributed by atoms with Crippen molar-refractivity contribution in [1.82, 2.24) is 4.98 Å². The maximum absolute atomic E-state index is 9.62. The summed E-state index contributed by atoms with van der Waals surface area (Å²) in [5.74, 6) is 1.66. The second-order valence-corrected chi connectivity index (χ2v) is 8.00. The number of rotatable bonds is 3. The zero-order chi connectivity index (χ0) is 22.2. The van der Waals surface area contributed by atoms with Crippen LogP contribution < -0.4 is 9.64 Å². The monoisotopic (exact) mass is 425 g/mol.